The summed E-state index contributed by atoms with van der Waals surface area (Å²) in [6.45, 7) is -0.691. The molecule has 0 saturated carbocycles. The summed E-state index contributed by atoms with van der Waals surface area (Å²) in [5.74, 6) is -0.0608. The maximum absolute atomic E-state index is 13.6. The molecule has 1 fully saturated rings. The van der Waals surface area contributed by atoms with Gasteiger partial charge in [-0.05, 0) is 70.0 Å². The van der Waals surface area contributed by atoms with Crippen molar-refractivity contribution in [2.45, 2.75) is 22.4 Å². The van der Waals surface area contributed by atoms with E-state index in [0.717, 1.165) is 8.61 Å². The van der Waals surface area contributed by atoms with Crippen LogP contribution in [0.1, 0.15) is 11.1 Å². The number of ether oxygens (including phenoxy) is 2. The molecule has 4 aromatic carbocycles. The van der Waals surface area contributed by atoms with E-state index in [1.165, 1.54) is 37.6 Å². The molecule has 1 saturated heterocycles. The van der Waals surface area contributed by atoms with Crippen molar-refractivity contribution in [1.29, 1.82) is 0 Å². The van der Waals surface area contributed by atoms with Crippen molar-refractivity contribution in [3.8, 4) is 11.5 Å². The average molecular weight is 797 g/mol. The third-order valence-electron chi connectivity index (χ3n) is 7.35. The van der Waals surface area contributed by atoms with Crippen LogP contribution >= 0.6 is 39.1 Å². The van der Waals surface area contributed by atoms with E-state index in [0.29, 0.717) is 37.1 Å². The Balaban J connectivity index is 1.36. The number of carbonyl (C=O) groups is 1. The number of hydrogen-bond donors (Lipinski definition) is 1. The molecular formula is C32H29BrCl2N4O7S2. The normalized spacial score (nSPS) is 16.1. The minimum absolute atomic E-state index is 0.0248. The number of amides is 1. The Bertz CT molecular complexity index is 2040. The van der Waals surface area contributed by atoms with Gasteiger partial charge in [-0.1, -0.05) is 65.7 Å². The number of carbonyl (C=O) groups excluding carboxylic acids is 1. The number of hydrazone groups is 1. The van der Waals surface area contributed by atoms with E-state index >= 15 is 0 Å². The van der Waals surface area contributed by atoms with Crippen molar-refractivity contribution >= 4 is 71.3 Å². The molecule has 11 nitrogen and oxygen atoms in total. The van der Waals surface area contributed by atoms with E-state index in [1.807, 2.05) is 0 Å². The summed E-state index contributed by atoms with van der Waals surface area (Å²) in [6.07, 6.45) is 1.34. The molecule has 1 atom stereocenters. The first-order chi connectivity index (χ1) is 22.9. The maximum Gasteiger partial charge on any atom is 0.259 e. The van der Waals surface area contributed by atoms with E-state index in [1.54, 1.807) is 66.7 Å². The quantitative estimate of drug-likeness (QED) is 0.155. The van der Waals surface area contributed by atoms with E-state index < -0.39 is 38.5 Å². The van der Waals surface area contributed by atoms with Gasteiger partial charge in [0.15, 0.2) is 11.5 Å². The number of nitrogens with zero attached hydrogens (tertiary/aromatic N) is 3. The molecular weight excluding hydrogens is 767 g/mol. The topological polar surface area (TPSA) is 135 Å². The van der Waals surface area contributed by atoms with Crippen LogP contribution in [0.3, 0.4) is 0 Å². The smallest absolute Gasteiger partial charge is 0.259 e. The summed E-state index contributed by atoms with van der Waals surface area (Å²) in [5, 5.41) is 5.00. The fourth-order valence-corrected chi connectivity index (χ4v) is 9.01. The predicted octanol–water partition coefficient (Wildman–Crippen LogP) is 5.56. The van der Waals surface area contributed by atoms with Gasteiger partial charge in [-0.15, -0.1) is 0 Å². The Hall–Kier alpha value is -3.50. The first-order valence-corrected chi connectivity index (χ1v) is 18.7. The summed E-state index contributed by atoms with van der Waals surface area (Å²) >= 11 is 15.7. The van der Waals surface area contributed by atoms with Crippen LogP contribution < -0.4 is 14.9 Å². The van der Waals surface area contributed by atoms with Crippen molar-refractivity contribution in [2.75, 3.05) is 26.7 Å². The molecule has 0 spiro atoms. The maximum atomic E-state index is 13.6. The van der Waals surface area contributed by atoms with Gasteiger partial charge < -0.3 is 9.47 Å². The van der Waals surface area contributed by atoms with Crippen molar-refractivity contribution in [3.63, 3.8) is 0 Å². The van der Waals surface area contributed by atoms with Gasteiger partial charge in [0.2, 0.25) is 20.0 Å². The molecule has 0 aromatic heterocycles. The van der Waals surface area contributed by atoms with Crippen LogP contribution in [0.5, 0.6) is 11.5 Å². The Morgan fingerprint density at radius 2 is 1.58 bits per heavy atom. The number of piperazine rings is 1. The average Bonchev–Trinajstić information content (AvgIpc) is 3.08. The molecule has 1 amide bonds. The lowest BCUT2D eigenvalue weighted by atomic mass is 10.2. The number of benzene rings is 4. The minimum Gasteiger partial charge on any atom is -0.493 e. The van der Waals surface area contributed by atoms with Crippen LogP contribution in [0.2, 0.25) is 10.0 Å². The van der Waals surface area contributed by atoms with Crippen LogP contribution in [0, 0.1) is 0 Å². The van der Waals surface area contributed by atoms with E-state index in [2.05, 4.69) is 26.5 Å². The summed E-state index contributed by atoms with van der Waals surface area (Å²) < 4.78 is 68.2. The Kier molecular flexibility index (Phi) is 11.5. The highest BCUT2D eigenvalue weighted by molar-refractivity contribution is 9.10. The molecule has 0 radical (unpaired) electrons. The molecule has 1 heterocycles. The molecule has 48 heavy (non-hydrogen) atoms. The second-order valence-corrected chi connectivity index (χ2v) is 15.9. The first kappa shape index (κ1) is 35.8. The van der Waals surface area contributed by atoms with Gasteiger partial charge in [0, 0.05) is 35.2 Å². The highest BCUT2D eigenvalue weighted by Crippen LogP contribution is 2.37. The third kappa shape index (κ3) is 8.03. The third-order valence-corrected chi connectivity index (χ3v) is 12.3. The monoisotopic (exact) mass is 794 g/mol. The van der Waals surface area contributed by atoms with Crippen LogP contribution in [0.4, 0.5) is 0 Å². The van der Waals surface area contributed by atoms with Crippen LogP contribution in [-0.2, 0) is 31.4 Å². The molecule has 0 bridgehead atoms. The molecule has 252 valence electrons. The number of hydrogen-bond acceptors (Lipinski definition) is 8. The van der Waals surface area contributed by atoms with Crippen molar-refractivity contribution in [2.24, 2.45) is 5.10 Å². The Labute approximate surface area is 297 Å². The lowest BCUT2D eigenvalue weighted by Crippen LogP contribution is -2.60. The SMILES string of the molecule is COc1cc(/C=N\NC(=O)[C@@H]2CN(S(=O)(=O)c3ccccc3)CCN2S(=O)(=O)c2ccccc2)cc(Br)c1OCc1ccc(Cl)cc1Cl. The predicted molar refractivity (Wildman–Crippen MR) is 187 cm³/mol. The van der Waals surface area contributed by atoms with Gasteiger partial charge in [0.25, 0.3) is 5.91 Å². The van der Waals surface area contributed by atoms with E-state index in [9.17, 15) is 21.6 Å². The molecule has 5 rings (SSSR count). The molecule has 1 aliphatic heterocycles. The Morgan fingerprint density at radius 3 is 2.21 bits per heavy atom. The molecule has 1 N–H and O–H groups in total. The highest BCUT2D eigenvalue weighted by Gasteiger charge is 2.43. The number of rotatable bonds is 11. The van der Waals surface area contributed by atoms with E-state index in [4.69, 9.17) is 32.7 Å². The molecule has 4 aromatic rings. The first-order valence-electron chi connectivity index (χ1n) is 14.3. The zero-order chi connectivity index (χ0) is 34.5. The van der Waals surface area contributed by atoms with Crippen molar-refractivity contribution < 1.29 is 31.1 Å². The van der Waals surface area contributed by atoms with Gasteiger partial charge in [0.1, 0.15) is 12.6 Å². The summed E-state index contributed by atoms with van der Waals surface area (Å²) in [7, 11) is -6.72. The zero-order valence-electron chi connectivity index (χ0n) is 25.3. The number of sulfonamides is 2. The van der Waals surface area contributed by atoms with Gasteiger partial charge in [-0.25, -0.2) is 22.3 Å². The van der Waals surface area contributed by atoms with Crippen LogP contribution in [0.15, 0.2) is 110 Å². The van der Waals surface area contributed by atoms with Gasteiger partial charge in [-0.2, -0.15) is 13.7 Å². The zero-order valence-corrected chi connectivity index (χ0v) is 30.0. The fourth-order valence-electron chi connectivity index (χ4n) is 4.92. The second-order valence-electron chi connectivity index (χ2n) is 10.4. The van der Waals surface area contributed by atoms with Crippen LogP contribution in [-0.4, -0.2) is 70.4 Å². The number of nitrogens with one attached hydrogen (secondary N) is 1. The summed E-state index contributed by atoms with van der Waals surface area (Å²) in [6, 6.07) is 22.3. The summed E-state index contributed by atoms with van der Waals surface area (Å²) in [4.78, 5) is 13.6. The van der Waals surface area contributed by atoms with Gasteiger partial charge in [0.05, 0.1) is 27.6 Å². The molecule has 1 aliphatic rings. The van der Waals surface area contributed by atoms with Crippen molar-refractivity contribution in [3.05, 3.63) is 117 Å². The summed E-state index contributed by atoms with van der Waals surface area (Å²) in [5.41, 5.74) is 3.60. The standard InChI is InChI=1S/C32H29BrCl2N4O7S2/c1-45-30-17-22(16-27(33)31(30)46-21-23-12-13-24(34)18-28(23)35)19-36-37-32(40)29-20-38(47(41,42)25-8-4-2-5-9-25)14-15-39(29)48(43,44)26-10-6-3-7-11-26/h2-13,16-19,29H,14-15,20-21H2,1H3,(H,37,40)/b36-19-/t29-/m0/s1. The molecule has 0 unspecified atom stereocenters. The number of halogens is 3. The fraction of sp³-hybridized carbons (Fsp3) is 0.188. The Morgan fingerprint density at radius 1 is 0.938 bits per heavy atom. The minimum atomic E-state index is -4.17. The lowest BCUT2D eigenvalue weighted by Gasteiger charge is -2.38. The molecule has 0 aliphatic carbocycles. The second kappa shape index (κ2) is 15.4. The van der Waals surface area contributed by atoms with Gasteiger partial charge >= 0.3 is 0 Å². The largest absolute Gasteiger partial charge is 0.493 e. The van der Waals surface area contributed by atoms with Gasteiger partial charge in [-0.3, -0.25) is 4.79 Å². The lowest BCUT2D eigenvalue weighted by molar-refractivity contribution is -0.125. The van der Waals surface area contributed by atoms with Crippen molar-refractivity contribution in [1.82, 2.24) is 14.0 Å². The number of methoxy groups -OCH3 is 1. The van der Waals surface area contributed by atoms with E-state index in [-0.39, 0.29) is 29.5 Å². The van der Waals surface area contributed by atoms with Crippen LogP contribution in [0.25, 0.3) is 0 Å². The molecule has 16 heteroatoms. The highest BCUT2D eigenvalue weighted by atomic mass is 79.9.